The summed E-state index contributed by atoms with van der Waals surface area (Å²) in [7, 11) is 0. The fourth-order valence-electron chi connectivity index (χ4n) is 1.99. The van der Waals surface area contributed by atoms with E-state index in [9.17, 15) is 9.59 Å². The summed E-state index contributed by atoms with van der Waals surface area (Å²) in [6.07, 6.45) is 6.77. The average molecular weight is 310 g/mol. The summed E-state index contributed by atoms with van der Waals surface area (Å²) in [6, 6.07) is 1.55. The van der Waals surface area contributed by atoms with Crippen LogP contribution in [0.1, 0.15) is 32.6 Å². The molecule has 0 fully saturated rings. The summed E-state index contributed by atoms with van der Waals surface area (Å²) in [5.41, 5.74) is -0.0530. The van der Waals surface area contributed by atoms with Gasteiger partial charge in [-0.2, -0.15) is 0 Å². The SMILES string of the molecule is C=CC(=O)OCCCCCCn1ccc(=O)n(CC)c1=S. The molecule has 0 atom stereocenters. The van der Waals surface area contributed by atoms with Crippen molar-refractivity contribution in [1.29, 1.82) is 0 Å². The largest absolute Gasteiger partial charge is 0.463 e. The van der Waals surface area contributed by atoms with Gasteiger partial charge >= 0.3 is 5.97 Å². The highest BCUT2D eigenvalue weighted by Gasteiger charge is 2.00. The van der Waals surface area contributed by atoms with Crippen molar-refractivity contribution in [3.8, 4) is 0 Å². The summed E-state index contributed by atoms with van der Waals surface area (Å²) in [6.45, 7) is 7.07. The molecule has 0 N–H and O–H groups in total. The molecule has 116 valence electrons. The van der Waals surface area contributed by atoms with Crippen molar-refractivity contribution in [2.24, 2.45) is 0 Å². The fraction of sp³-hybridized carbons (Fsp3) is 0.533. The molecule has 1 aromatic heterocycles. The van der Waals surface area contributed by atoms with Crippen LogP contribution in [0, 0.1) is 4.77 Å². The van der Waals surface area contributed by atoms with Gasteiger partial charge in [-0.05, 0) is 38.4 Å². The molecule has 21 heavy (non-hydrogen) atoms. The van der Waals surface area contributed by atoms with E-state index in [1.807, 2.05) is 11.5 Å². The van der Waals surface area contributed by atoms with E-state index in [-0.39, 0.29) is 11.5 Å². The first kappa shape index (κ1) is 17.4. The van der Waals surface area contributed by atoms with E-state index in [0.29, 0.717) is 17.9 Å². The Morgan fingerprint density at radius 2 is 2.10 bits per heavy atom. The van der Waals surface area contributed by atoms with Crippen molar-refractivity contribution in [2.75, 3.05) is 6.61 Å². The van der Waals surface area contributed by atoms with Crippen LogP contribution in [-0.4, -0.2) is 21.7 Å². The Hall–Kier alpha value is -1.69. The van der Waals surface area contributed by atoms with Gasteiger partial charge in [-0.15, -0.1) is 0 Å². The molecule has 0 aliphatic rings. The van der Waals surface area contributed by atoms with Crippen molar-refractivity contribution in [2.45, 2.75) is 45.7 Å². The lowest BCUT2D eigenvalue weighted by Gasteiger charge is -2.10. The number of carbonyl (C=O) groups is 1. The number of hydrogen-bond donors (Lipinski definition) is 0. The maximum Gasteiger partial charge on any atom is 0.330 e. The normalized spacial score (nSPS) is 10.3. The van der Waals surface area contributed by atoms with Gasteiger partial charge in [0.15, 0.2) is 4.77 Å². The van der Waals surface area contributed by atoms with E-state index in [4.69, 9.17) is 17.0 Å². The van der Waals surface area contributed by atoms with Gasteiger partial charge in [0, 0.05) is 31.4 Å². The molecule has 0 aliphatic carbocycles. The predicted octanol–water partition coefficient (Wildman–Crippen LogP) is 2.69. The molecule has 0 aromatic carbocycles. The lowest BCUT2D eigenvalue weighted by molar-refractivity contribution is -0.137. The minimum Gasteiger partial charge on any atom is -0.463 e. The van der Waals surface area contributed by atoms with E-state index in [1.54, 1.807) is 16.8 Å². The third kappa shape index (κ3) is 5.67. The number of rotatable bonds is 9. The van der Waals surface area contributed by atoms with E-state index in [2.05, 4.69) is 6.58 Å². The molecule has 6 heteroatoms. The summed E-state index contributed by atoms with van der Waals surface area (Å²) in [5.74, 6) is -0.372. The molecule has 0 bridgehead atoms. The first-order valence-corrected chi connectivity index (χ1v) is 7.60. The van der Waals surface area contributed by atoms with Crippen molar-refractivity contribution in [1.82, 2.24) is 9.13 Å². The number of aryl methyl sites for hydroxylation is 1. The maximum absolute atomic E-state index is 11.6. The van der Waals surface area contributed by atoms with Gasteiger partial charge in [-0.3, -0.25) is 9.36 Å². The average Bonchev–Trinajstić information content (AvgIpc) is 2.48. The van der Waals surface area contributed by atoms with Crippen LogP contribution in [0.25, 0.3) is 0 Å². The van der Waals surface area contributed by atoms with Gasteiger partial charge in [-0.1, -0.05) is 13.0 Å². The third-order valence-corrected chi connectivity index (χ3v) is 3.62. The number of esters is 1. The molecule has 1 heterocycles. The highest BCUT2D eigenvalue weighted by molar-refractivity contribution is 7.71. The second-order valence-corrected chi connectivity index (χ2v) is 5.03. The Balaban J connectivity index is 2.31. The third-order valence-electron chi connectivity index (χ3n) is 3.16. The monoisotopic (exact) mass is 310 g/mol. The van der Waals surface area contributed by atoms with E-state index in [0.717, 1.165) is 32.2 Å². The van der Waals surface area contributed by atoms with Gasteiger partial charge in [0.25, 0.3) is 5.56 Å². The van der Waals surface area contributed by atoms with Crippen LogP contribution in [0.5, 0.6) is 0 Å². The van der Waals surface area contributed by atoms with Crippen LogP contribution < -0.4 is 5.56 Å². The molecular formula is C15H22N2O3S. The molecule has 5 nitrogen and oxygen atoms in total. The number of aromatic nitrogens is 2. The molecule has 0 unspecified atom stereocenters. The standard InChI is InChI=1S/C15H22N2O3S/c1-3-14(19)20-12-8-6-5-7-10-16-11-9-13(18)17(4-2)15(16)21/h3,9,11H,1,4-8,10,12H2,2H3. The van der Waals surface area contributed by atoms with Crippen LogP contribution >= 0.6 is 12.2 Å². The van der Waals surface area contributed by atoms with Crippen LogP contribution in [0.2, 0.25) is 0 Å². The lowest BCUT2D eigenvalue weighted by atomic mass is 10.2. The van der Waals surface area contributed by atoms with Crippen LogP contribution in [0.15, 0.2) is 29.7 Å². The van der Waals surface area contributed by atoms with Crippen molar-refractivity contribution < 1.29 is 9.53 Å². The fourth-order valence-corrected chi connectivity index (χ4v) is 2.36. The summed E-state index contributed by atoms with van der Waals surface area (Å²) in [4.78, 5) is 22.4. The van der Waals surface area contributed by atoms with Gasteiger partial charge in [0.05, 0.1) is 6.61 Å². The van der Waals surface area contributed by atoms with E-state index >= 15 is 0 Å². The quantitative estimate of drug-likeness (QED) is 0.304. The maximum atomic E-state index is 11.6. The highest BCUT2D eigenvalue weighted by atomic mass is 32.1. The van der Waals surface area contributed by atoms with E-state index < -0.39 is 0 Å². The summed E-state index contributed by atoms with van der Waals surface area (Å²) in [5, 5.41) is 0. The molecule has 1 aromatic rings. The lowest BCUT2D eigenvalue weighted by Crippen LogP contribution is -2.23. The van der Waals surface area contributed by atoms with E-state index in [1.165, 1.54) is 6.08 Å². The van der Waals surface area contributed by atoms with Crippen LogP contribution in [0.4, 0.5) is 0 Å². The van der Waals surface area contributed by atoms with Gasteiger partial charge in [0.1, 0.15) is 0 Å². The molecule has 0 spiro atoms. The van der Waals surface area contributed by atoms with Crippen molar-refractivity contribution in [3.63, 3.8) is 0 Å². The van der Waals surface area contributed by atoms with Crippen molar-refractivity contribution in [3.05, 3.63) is 40.0 Å². The Labute approximate surface area is 129 Å². The number of unbranched alkanes of at least 4 members (excludes halogenated alkanes) is 3. The summed E-state index contributed by atoms with van der Waals surface area (Å²) >= 11 is 5.30. The van der Waals surface area contributed by atoms with Gasteiger partial charge in [0.2, 0.25) is 0 Å². The second-order valence-electron chi connectivity index (χ2n) is 4.66. The zero-order chi connectivity index (χ0) is 15.7. The first-order chi connectivity index (χ1) is 10.1. The zero-order valence-corrected chi connectivity index (χ0v) is 13.2. The number of ether oxygens (including phenoxy) is 1. The topological polar surface area (TPSA) is 53.2 Å². The number of hydrogen-bond acceptors (Lipinski definition) is 4. The summed E-state index contributed by atoms with van der Waals surface area (Å²) < 4.78 is 8.99. The molecule has 0 aliphatic heterocycles. The minimum absolute atomic E-state index is 0.0530. The Kier molecular flexibility index (Phi) is 7.68. The van der Waals surface area contributed by atoms with Crippen LogP contribution in [0.3, 0.4) is 0 Å². The van der Waals surface area contributed by atoms with Crippen LogP contribution in [-0.2, 0) is 22.6 Å². The molecular weight excluding hydrogens is 288 g/mol. The first-order valence-electron chi connectivity index (χ1n) is 7.19. The number of carbonyl (C=O) groups excluding carboxylic acids is 1. The molecule has 0 saturated heterocycles. The Bertz CT molecular complexity index is 589. The zero-order valence-electron chi connectivity index (χ0n) is 12.4. The predicted molar refractivity (Wildman–Crippen MR) is 84.8 cm³/mol. The molecule has 1 rings (SSSR count). The smallest absolute Gasteiger partial charge is 0.330 e. The highest BCUT2D eigenvalue weighted by Crippen LogP contribution is 2.03. The molecule has 0 amide bonds. The van der Waals surface area contributed by atoms with Gasteiger partial charge < -0.3 is 9.30 Å². The van der Waals surface area contributed by atoms with Gasteiger partial charge in [-0.25, -0.2) is 4.79 Å². The molecule has 0 saturated carbocycles. The Morgan fingerprint density at radius 3 is 2.76 bits per heavy atom. The Morgan fingerprint density at radius 1 is 1.38 bits per heavy atom. The molecule has 0 radical (unpaired) electrons. The minimum atomic E-state index is -0.372. The van der Waals surface area contributed by atoms with Crippen molar-refractivity contribution >= 4 is 18.2 Å². The second kappa shape index (κ2) is 9.28. The number of nitrogens with zero attached hydrogens (tertiary/aromatic N) is 2.